The van der Waals surface area contributed by atoms with E-state index in [1.54, 1.807) is 12.1 Å². The Balaban J connectivity index is 1.78. The van der Waals surface area contributed by atoms with Crippen molar-refractivity contribution in [3.05, 3.63) is 87.9 Å². The summed E-state index contributed by atoms with van der Waals surface area (Å²) in [5.74, 6) is -0.212. The molecule has 1 amide bonds. The standard InChI is InChI=1S/C19H14F3N3O4/c20-19(21,22)13-3-1-4-14(10-13)24-18(26)12-6-7-16(17(9-12)25(27)28)23-11-15-5-2-8-29-15/h1-10,23H,11H2,(H,24,26). The summed E-state index contributed by atoms with van der Waals surface area (Å²) in [7, 11) is 0. The Labute approximate surface area is 162 Å². The van der Waals surface area contributed by atoms with E-state index in [2.05, 4.69) is 10.6 Å². The van der Waals surface area contributed by atoms with Gasteiger partial charge in [0.2, 0.25) is 0 Å². The monoisotopic (exact) mass is 405 g/mol. The molecule has 0 unspecified atom stereocenters. The van der Waals surface area contributed by atoms with Crippen molar-refractivity contribution < 1.29 is 27.3 Å². The molecule has 0 saturated carbocycles. The zero-order valence-electron chi connectivity index (χ0n) is 14.7. The van der Waals surface area contributed by atoms with Gasteiger partial charge in [-0.15, -0.1) is 0 Å². The number of amides is 1. The van der Waals surface area contributed by atoms with Crippen LogP contribution in [0.4, 0.5) is 30.2 Å². The van der Waals surface area contributed by atoms with Crippen LogP contribution in [-0.4, -0.2) is 10.8 Å². The Morgan fingerprint density at radius 2 is 1.90 bits per heavy atom. The van der Waals surface area contributed by atoms with Gasteiger partial charge in [-0.1, -0.05) is 6.07 Å². The van der Waals surface area contributed by atoms with E-state index in [4.69, 9.17) is 4.42 Å². The fourth-order valence-electron chi connectivity index (χ4n) is 2.55. The minimum atomic E-state index is -4.55. The lowest BCUT2D eigenvalue weighted by atomic mass is 10.1. The molecular formula is C19H14F3N3O4. The number of halogens is 3. The maximum atomic E-state index is 12.8. The van der Waals surface area contributed by atoms with Gasteiger partial charge in [-0.3, -0.25) is 14.9 Å². The molecule has 3 rings (SSSR count). The van der Waals surface area contributed by atoms with Gasteiger partial charge in [0.25, 0.3) is 11.6 Å². The minimum absolute atomic E-state index is 0.0716. The van der Waals surface area contributed by atoms with Crippen LogP contribution in [0.3, 0.4) is 0 Å². The van der Waals surface area contributed by atoms with Crippen LogP contribution in [0.2, 0.25) is 0 Å². The highest BCUT2D eigenvalue weighted by Crippen LogP contribution is 2.31. The third-order valence-corrected chi connectivity index (χ3v) is 3.94. The molecule has 0 atom stereocenters. The van der Waals surface area contributed by atoms with Crippen molar-refractivity contribution in [1.82, 2.24) is 0 Å². The topological polar surface area (TPSA) is 97.4 Å². The molecule has 0 spiro atoms. The molecule has 0 radical (unpaired) electrons. The van der Waals surface area contributed by atoms with Crippen molar-refractivity contribution in [2.24, 2.45) is 0 Å². The molecule has 150 valence electrons. The fourth-order valence-corrected chi connectivity index (χ4v) is 2.55. The van der Waals surface area contributed by atoms with Crippen LogP contribution in [0.15, 0.2) is 65.3 Å². The van der Waals surface area contributed by atoms with Crippen LogP contribution < -0.4 is 10.6 Å². The Morgan fingerprint density at radius 3 is 2.55 bits per heavy atom. The predicted octanol–water partition coefficient (Wildman–Crippen LogP) is 5.07. The third-order valence-electron chi connectivity index (χ3n) is 3.94. The van der Waals surface area contributed by atoms with Gasteiger partial charge in [0.15, 0.2) is 0 Å². The highest BCUT2D eigenvalue weighted by molar-refractivity contribution is 6.05. The summed E-state index contributed by atoms with van der Waals surface area (Å²) in [6, 6.07) is 11.2. The zero-order chi connectivity index (χ0) is 21.0. The molecule has 10 heteroatoms. The summed E-state index contributed by atoms with van der Waals surface area (Å²) in [6.07, 6.45) is -3.09. The maximum Gasteiger partial charge on any atom is 0.416 e. The lowest BCUT2D eigenvalue weighted by Gasteiger charge is -2.11. The number of hydrogen-bond donors (Lipinski definition) is 2. The van der Waals surface area contributed by atoms with Crippen LogP contribution in [-0.2, 0) is 12.7 Å². The first-order chi connectivity index (χ1) is 13.7. The van der Waals surface area contributed by atoms with Crippen molar-refractivity contribution in [3.63, 3.8) is 0 Å². The lowest BCUT2D eigenvalue weighted by molar-refractivity contribution is -0.384. The molecule has 2 aromatic carbocycles. The number of nitro groups is 1. The van der Waals surface area contributed by atoms with E-state index in [0.717, 1.165) is 24.3 Å². The van der Waals surface area contributed by atoms with E-state index in [0.29, 0.717) is 5.76 Å². The number of furan rings is 1. The number of benzene rings is 2. The number of anilines is 2. The summed E-state index contributed by atoms with van der Waals surface area (Å²) in [6.45, 7) is 0.198. The van der Waals surface area contributed by atoms with Crippen LogP contribution >= 0.6 is 0 Å². The minimum Gasteiger partial charge on any atom is -0.467 e. The van der Waals surface area contributed by atoms with Gasteiger partial charge in [-0.2, -0.15) is 13.2 Å². The number of nitro benzene ring substituents is 1. The highest BCUT2D eigenvalue weighted by Gasteiger charge is 2.30. The van der Waals surface area contributed by atoms with E-state index < -0.39 is 22.6 Å². The summed E-state index contributed by atoms with van der Waals surface area (Å²) in [5, 5.41) is 16.5. The Bertz CT molecular complexity index is 1030. The molecule has 2 N–H and O–H groups in total. The van der Waals surface area contributed by atoms with E-state index in [9.17, 15) is 28.1 Å². The van der Waals surface area contributed by atoms with E-state index in [-0.39, 0.29) is 29.2 Å². The van der Waals surface area contributed by atoms with E-state index >= 15 is 0 Å². The molecule has 0 aliphatic carbocycles. The first-order valence-corrected chi connectivity index (χ1v) is 8.27. The van der Waals surface area contributed by atoms with Gasteiger partial charge in [-0.25, -0.2) is 0 Å². The quantitative estimate of drug-likeness (QED) is 0.441. The molecular weight excluding hydrogens is 391 g/mol. The molecule has 0 bridgehead atoms. The third kappa shape index (κ3) is 4.92. The molecule has 29 heavy (non-hydrogen) atoms. The summed E-state index contributed by atoms with van der Waals surface area (Å²) in [5.41, 5.74) is -1.25. The summed E-state index contributed by atoms with van der Waals surface area (Å²) in [4.78, 5) is 23.1. The van der Waals surface area contributed by atoms with Crippen molar-refractivity contribution in [2.45, 2.75) is 12.7 Å². The predicted molar refractivity (Wildman–Crippen MR) is 98.5 cm³/mol. The number of rotatable bonds is 6. The van der Waals surface area contributed by atoms with Crippen molar-refractivity contribution in [2.75, 3.05) is 10.6 Å². The molecule has 0 aliphatic heterocycles. The average Bonchev–Trinajstić information content (AvgIpc) is 3.19. The van der Waals surface area contributed by atoms with Crippen LogP contribution in [0.25, 0.3) is 0 Å². The molecule has 0 fully saturated rings. The van der Waals surface area contributed by atoms with Crippen LogP contribution in [0.1, 0.15) is 21.7 Å². The average molecular weight is 405 g/mol. The summed E-state index contributed by atoms with van der Waals surface area (Å²) < 4.78 is 43.5. The molecule has 1 heterocycles. The van der Waals surface area contributed by atoms with E-state index in [1.807, 2.05) is 0 Å². The second-order valence-corrected chi connectivity index (χ2v) is 5.95. The largest absolute Gasteiger partial charge is 0.467 e. The SMILES string of the molecule is O=C(Nc1cccc(C(F)(F)F)c1)c1ccc(NCc2ccco2)c([N+](=O)[O-])c1. The molecule has 1 aromatic heterocycles. The Morgan fingerprint density at radius 1 is 1.10 bits per heavy atom. The van der Waals surface area contributed by atoms with Gasteiger partial charge in [-0.05, 0) is 42.5 Å². The lowest BCUT2D eigenvalue weighted by Crippen LogP contribution is -2.14. The van der Waals surface area contributed by atoms with Gasteiger partial charge in [0, 0.05) is 17.3 Å². The number of hydrogen-bond acceptors (Lipinski definition) is 5. The Hall–Kier alpha value is -3.82. The first kappa shape index (κ1) is 19.9. The number of carbonyl (C=O) groups excluding carboxylic acids is 1. The number of nitrogens with one attached hydrogen (secondary N) is 2. The second kappa shape index (κ2) is 8.05. The zero-order valence-corrected chi connectivity index (χ0v) is 14.7. The molecule has 7 nitrogen and oxygen atoms in total. The Kier molecular flexibility index (Phi) is 5.53. The van der Waals surface area contributed by atoms with Crippen LogP contribution in [0.5, 0.6) is 0 Å². The van der Waals surface area contributed by atoms with Gasteiger partial charge in [0.05, 0.1) is 23.3 Å². The molecule has 0 saturated heterocycles. The van der Waals surface area contributed by atoms with Crippen molar-refractivity contribution in [3.8, 4) is 0 Å². The number of alkyl halides is 3. The van der Waals surface area contributed by atoms with E-state index in [1.165, 1.54) is 24.5 Å². The normalized spacial score (nSPS) is 11.1. The van der Waals surface area contributed by atoms with Crippen LogP contribution in [0, 0.1) is 10.1 Å². The van der Waals surface area contributed by atoms with Gasteiger partial charge >= 0.3 is 6.18 Å². The number of nitrogens with zero attached hydrogens (tertiary/aromatic N) is 1. The maximum absolute atomic E-state index is 12.8. The van der Waals surface area contributed by atoms with Crippen molar-refractivity contribution in [1.29, 1.82) is 0 Å². The number of carbonyl (C=O) groups is 1. The highest BCUT2D eigenvalue weighted by atomic mass is 19.4. The first-order valence-electron chi connectivity index (χ1n) is 8.27. The summed E-state index contributed by atoms with van der Waals surface area (Å²) >= 11 is 0. The molecule has 0 aliphatic rings. The van der Waals surface area contributed by atoms with Gasteiger partial charge < -0.3 is 15.1 Å². The smallest absolute Gasteiger partial charge is 0.416 e. The molecule has 3 aromatic rings. The second-order valence-electron chi connectivity index (χ2n) is 5.95. The van der Waals surface area contributed by atoms with Crippen molar-refractivity contribution >= 4 is 23.0 Å². The van der Waals surface area contributed by atoms with Gasteiger partial charge in [0.1, 0.15) is 11.4 Å². The fraction of sp³-hybridized carbons (Fsp3) is 0.105.